The van der Waals surface area contributed by atoms with E-state index in [9.17, 15) is 9.59 Å². The smallest absolute Gasteiger partial charge is 0.281 e. The minimum absolute atomic E-state index is 0.170. The number of para-hydroxylation sites is 1. The highest BCUT2D eigenvalue weighted by atomic mass is 32.1. The van der Waals surface area contributed by atoms with Crippen molar-refractivity contribution in [3.05, 3.63) is 51.3 Å². The fourth-order valence-corrected chi connectivity index (χ4v) is 2.48. The van der Waals surface area contributed by atoms with Crippen LogP contribution in [0.5, 0.6) is 0 Å². The standard InChI is InChI=1S/C13H10N4O2S/c1-7-6-20-13(14-7)15-12(19)10-11(18)8-4-2-3-5-9(8)16-17-10/h2-6H,1H3,(H,16,18)(H,14,15,19). The highest BCUT2D eigenvalue weighted by Crippen LogP contribution is 2.15. The Morgan fingerprint density at radius 2 is 2.15 bits per heavy atom. The summed E-state index contributed by atoms with van der Waals surface area (Å²) in [4.78, 5) is 28.4. The third kappa shape index (κ3) is 2.19. The second-order valence-corrected chi connectivity index (χ2v) is 5.05. The largest absolute Gasteiger partial charge is 0.296 e. The number of hydrogen-bond acceptors (Lipinski definition) is 5. The van der Waals surface area contributed by atoms with Gasteiger partial charge in [0.15, 0.2) is 10.8 Å². The number of aryl methyl sites for hydroxylation is 1. The van der Waals surface area contributed by atoms with Crippen molar-refractivity contribution in [1.82, 2.24) is 15.2 Å². The van der Waals surface area contributed by atoms with Gasteiger partial charge in [0.1, 0.15) is 0 Å². The van der Waals surface area contributed by atoms with E-state index in [1.165, 1.54) is 11.3 Å². The summed E-state index contributed by atoms with van der Waals surface area (Å²) in [5.41, 5.74) is 0.839. The quantitative estimate of drug-likeness (QED) is 0.753. The molecule has 1 aromatic carbocycles. The first-order chi connectivity index (χ1) is 9.65. The van der Waals surface area contributed by atoms with Crippen LogP contribution in [0.4, 0.5) is 5.13 Å². The van der Waals surface area contributed by atoms with Crippen LogP contribution < -0.4 is 10.7 Å². The van der Waals surface area contributed by atoms with Gasteiger partial charge in [-0.05, 0) is 19.1 Å². The van der Waals surface area contributed by atoms with Gasteiger partial charge in [0, 0.05) is 10.8 Å². The first-order valence-corrected chi connectivity index (χ1v) is 6.74. The monoisotopic (exact) mass is 286 g/mol. The van der Waals surface area contributed by atoms with Crippen molar-refractivity contribution in [1.29, 1.82) is 0 Å². The van der Waals surface area contributed by atoms with Gasteiger partial charge in [0.25, 0.3) is 5.91 Å². The molecule has 2 heterocycles. The van der Waals surface area contributed by atoms with Crippen LogP contribution in [-0.2, 0) is 0 Å². The lowest BCUT2D eigenvalue weighted by atomic mass is 10.2. The minimum atomic E-state index is -0.564. The first-order valence-electron chi connectivity index (χ1n) is 5.86. The summed E-state index contributed by atoms with van der Waals surface area (Å²) in [7, 11) is 0. The predicted molar refractivity (Wildman–Crippen MR) is 77.2 cm³/mol. The number of nitrogens with zero attached hydrogens (tertiary/aromatic N) is 2. The Bertz CT molecular complexity index is 853. The zero-order valence-electron chi connectivity index (χ0n) is 10.5. The van der Waals surface area contributed by atoms with E-state index >= 15 is 0 Å². The van der Waals surface area contributed by atoms with Crippen LogP contribution in [0.3, 0.4) is 0 Å². The molecule has 2 N–H and O–H groups in total. The molecule has 0 saturated heterocycles. The lowest BCUT2D eigenvalue weighted by Gasteiger charge is -2.02. The van der Waals surface area contributed by atoms with Gasteiger partial charge in [-0.3, -0.25) is 20.0 Å². The average Bonchev–Trinajstić information content (AvgIpc) is 2.84. The number of nitrogens with one attached hydrogen (secondary N) is 2. The lowest BCUT2D eigenvalue weighted by molar-refractivity contribution is 0.102. The summed E-state index contributed by atoms with van der Waals surface area (Å²) in [6, 6.07) is 6.91. The van der Waals surface area contributed by atoms with Crippen molar-refractivity contribution in [2.45, 2.75) is 6.92 Å². The molecular weight excluding hydrogens is 276 g/mol. The molecule has 0 aliphatic heterocycles. The Balaban J connectivity index is 1.99. The summed E-state index contributed by atoms with van der Waals surface area (Å²) in [6.07, 6.45) is 0. The van der Waals surface area contributed by atoms with Crippen molar-refractivity contribution in [2.75, 3.05) is 5.32 Å². The van der Waals surface area contributed by atoms with Crippen molar-refractivity contribution in [3.63, 3.8) is 0 Å². The van der Waals surface area contributed by atoms with Gasteiger partial charge in [-0.1, -0.05) is 12.1 Å². The van der Waals surface area contributed by atoms with Crippen molar-refractivity contribution in [2.24, 2.45) is 0 Å². The van der Waals surface area contributed by atoms with Crippen molar-refractivity contribution in [3.8, 4) is 0 Å². The molecule has 0 atom stereocenters. The second-order valence-electron chi connectivity index (χ2n) is 4.20. The van der Waals surface area contributed by atoms with Gasteiger partial charge < -0.3 is 0 Å². The maximum absolute atomic E-state index is 12.2. The molecule has 0 aliphatic rings. The van der Waals surface area contributed by atoms with Crippen LogP contribution in [0.1, 0.15) is 16.2 Å². The van der Waals surface area contributed by atoms with Gasteiger partial charge in [-0.25, -0.2) is 4.98 Å². The van der Waals surface area contributed by atoms with Gasteiger partial charge in [-0.2, -0.15) is 5.10 Å². The highest BCUT2D eigenvalue weighted by molar-refractivity contribution is 7.13. The molecule has 0 saturated carbocycles. The number of aromatic amines is 1. The molecule has 0 spiro atoms. The maximum atomic E-state index is 12.2. The van der Waals surface area contributed by atoms with Gasteiger partial charge in [0.05, 0.1) is 11.2 Å². The van der Waals surface area contributed by atoms with Crippen LogP contribution in [0.15, 0.2) is 34.4 Å². The first kappa shape index (κ1) is 12.5. The van der Waals surface area contributed by atoms with Crippen LogP contribution in [-0.4, -0.2) is 21.1 Å². The summed E-state index contributed by atoms with van der Waals surface area (Å²) in [5, 5.41) is 11.8. The SMILES string of the molecule is Cc1csc(NC(=O)c2n[nH]c3ccccc3c2=O)n1. The summed E-state index contributed by atoms with van der Waals surface area (Å²) in [5.74, 6) is -0.564. The normalized spacial score (nSPS) is 10.7. The third-order valence-electron chi connectivity index (χ3n) is 2.73. The number of fused-ring (bicyclic) bond motifs is 1. The maximum Gasteiger partial charge on any atom is 0.281 e. The number of rotatable bonds is 2. The number of thiazole rings is 1. The van der Waals surface area contributed by atoms with E-state index in [2.05, 4.69) is 20.5 Å². The number of carbonyl (C=O) groups excluding carboxylic acids is 1. The highest BCUT2D eigenvalue weighted by Gasteiger charge is 2.16. The Kier molecular flexibility index (Phi) is 3.03. The zero-order chi connectivity index (χ0) is 14.1. The summed E-state index contributed by atoms with van der Waals surface area (Å²) >= 11 is 1.30. The van der Waals surface area contributed by atoms with E-state index < -0.39 is 11.3 Å². The van der Waals surface area contributed by atoms with Gasteiger partial charge in [0.2, 0.25) is 5.43 Å². The van der Waals surface area contributed by atoms with E-state index in [1.54, 1.807) is 24.3 Å². The molecule has 0 aliphatic carbocycles. The fraction of sp³-hybridized carbons (Fsp3) is 0.0769. The molecule has 100 valence electrons. The van der Waals surface area contributed by atoms with Crippen LogP contribution in [0.25, 0.3) is 10.9 Å². The topological polar surface area (TPSA) is 87.7 Å². The van der Waals surface area contributed by atoms with Gasteiger partial charge >= 0.3 is 0 Å². The Hall–Kier alpha value is -2.54. The lowest BCUT2D eigenvalue weighted by Crippen LogP contribution is -2.24. The Morgan fingerprint density at radius 1 is 1.35 bits per heavy atom. The van der Waals surface area contributed by atoms with Crippen LogP contribution >= 0.6 is 11.3 Å². The van der Waals surface area contributed by atoms with Crippen LogP contribution in [0, 0.1) is 6.92 Å². The number of H-pyrrole nitrogens is 1. The van der Waals surface area contributed by atoms with E-state index in [0.717, 1.165) is 5.69 Å². The Morgan fingerprint density at radius 3 is 2.90 bits per heavy atom. The molecule has 0 radical (unpaired) electrons. The molecule has 3 aromatic rings. The predicted octanol–water partition coefficient (Wildman–Crippen LogP) is 1.94. The number of anilines is 1. The zero-order valence-corrected chi connectivity index (χ0v) is 11.3. The molecule has 2 aromatic heterocycles. The van der Waals surface area contributed by atoms with Gasteiger partial charge in [-0.15, -0.1) is 11.3 Å². The molecule has 0 fully saturated rings. The molecule has 0 bridgehead atoms. The molecule has 20 heavy (non-hydrogen) atoms. The molecule has 0 unspecified atom stereocenters. The van der Waals surface area contributed by atoms with E-state index in [0.29, 0.717) is 16.0 Å². The number of benzene rings is 1. The number of hydrogen-bond donors (Lipinski definition) is 2. The number of aromatic nitrogens is 3. The number of carbonyl (C=O) groups is 1. The summed E-state index contributed by atoms with van der Waals surface area (Å²) < 4.78 is 0. The average molecular weight is 286 g/mol. The molecule has 7 heteroatoms. The third-order valence-corrected chi connectivity index (χ3v) is 3.61. The summed E-state index contributed by atoms with van der Waals surface area (Å²) in [6.45, 7) is 1.83. The van der Waals surface area contributed by atoms with E-state index in [4.69, 9.17) is 0 Å². The number of amides is 1. The fourth-order valence-electron chi connectivity index (χ4n) is 1.79. The second kappa shape index (κ2) is 4.86. The molecular formula is C13H10N4O2S. The van der Waals surface area contributed by atoms with Crippen molar-refractivity contribution < 1.29 is 4.79 Å². The molecule has 6 nitrogen and oxygen atoms in total. The molecule has 3 rings (SSSR count). The molecule has 1 amide bonds. The van der Waals surface area contributed by atoms with Crippen LogP contribution in [0.2, 0.25) is 0 Å². The Labute approximate surface area is 117 Å². The van der Waals surface area contributed by atoms with Crippen molar-refractivity contribution >= 4 is 33.3 Å². The minimum Gasteiger partial charge on any atom is -0.296 e. The van der Waals surface area contributed by atoms with E-state index in [1.807, 2.05) is 12.3 Å². The van der Waals surface area contributed by atoms with E-state index in [-0.39, 0.29) is 5.69 Å².